The molecule has 0 spiro atoms. The summed E-state index contributed by atoms with van der Waals surface area (Å²) in [5, 5.41) is 3.33. The molecule has 0 radical (unpaired) electrons. The molecule has 0 saturated carbocycles. The maximum atomic E-state index is 12.6. The van der Waals surface area contributed by atoms with E-state index in [1.165, 1.54) is 6.07 Å². The van der Waals surface area contributed by atoms with Crippen LogP contribution in [0, 0.1) is 13.8 Å². The maximum absolute atomic E-state index is 12.6. The Bertz CT molecular complexity index is 938. The van der Waals surface area contributed by atoms with Gasteiger partial charge in [-0.15, -0.1) is 0 Å². The summed E-state index contributed by atoms with van der Waals surface area (Å²) in [7, 11) is 0. The Kier molecular flexibility index (Phi) is 6.48. The minimum absolute atomic E-state index is 0.276. The van der Waals surface area contributed by atoms with E-state index in [9.17, 15) is 14.4 Å². The van der Waals surface area contributed by atoms with Gasteiger partial charge < -0.3 is 19.2 Å². The molecule has 1 N–H and O–H groups in total. The van der Waals surface area contributed by atoms with Crippen molar-refractivity contribution in [2.45, 2.75) is 66.0 Å². The molecule has 1 atom stereocenters. The molecule has 0 saturated heterocycles. The molecule has 7 heteroatoms. The van der Waals surface area contributed by atoms with Crippen LogP contribution in [0.25, 0.3) is 11.0 Å². The van der Waals surface area contributed by atoms with Crippen LogP contribution in [0.2, 0.25) is 0 Å². The minimum Gasteiger partial charge on any atom is -0.444 e. The first-order chi connectivity index (χ1) is 13.0. The number of ether oxygens (including phenoxy) is 2. The fraction of sp³-hybridized carbons (Fsp3) is 0.476. The summed E-state index contributed by atoms with van der Waals surface area (Å²) in [4.78, 5) is 36.4. The molecule has 1 heterocycles. The summed E-state index contributed by atoms with van der Waals surface area (Å²) in [5.41, 5.74) is 0.561. The summed E-state index contributed by atoms with van der Waals surface area (Å²) in [5.74, 6) is -0.330. The van der Waals surface area contributed by atoms with Gasteiger partial charge in [0, 0.05) is 17.0 Å². The lowest BCUT2D eigenvalue weighted by molar-refractivity contribution is -0.137. The summed E-state index contributed by atoms with van der Waals surface area (Å²) in [6.45, 7) is 10.7. The normalized spacial score (nSPS) is 12.5. The lowest BCUT2D eigenvalue weighted by Crippen LogP contribution is -2.45. The van der Waals surface area contributed by atoms with Crippen molar-refractivity contribution in [3.05, 3.63) is 39.7 Å². The first-order valence-electron chi connectivity index (χ1n) is 9.27. The second-order valence-electron chi connectivity index (χ2n) is 7.72. The Morgan fingerprint density at radius 2 is 1.89 bits per heavy atom. The van der Waals surface area contributed by atoms with Gasteiger partial charge in [-0.3, -0.25) is 0 Å². The minimum atomic E-state index is -0.848. The number of hydrogen-bond acceptors (Lipinski definition) is 6. The summed E-state index contributed by atoms with van der Waals surface area (Å²) >= 11 is 0. The topological polar surface area (TPSA) is 94.8 Å². The Hall–Kier alpha value is -2.83. The van der Waals surface area contributed by atoms with Crippen LogP contribution < -0.4 is 15.7 Å². The molecular weight excluding hydrogens is 362 g/mol. The molecule has 0 fully saturated rings. The van der Waals surface area contributed by atoms with Crippen LogP contribution in [-0.2, 0) is 9.53 Å². The number of rotatable bonds is 5. The highest BCUT2D eigenvalue weighted by molar-refractivity contribution is 5.87. The number of alkyl carbamates (subject to hydrolysis) is 1. The monoisotopic (exact) mass is 389 g/mol. The lowest BCUT2D eigenvalue weighted by Gasteiger charge is -2.23. The molecule has 2 aromatic rings. The largest absolute Gasteiger partial charge is 0.444 e. The number of amides is 1. The van der Waals surface area contributed by atoms with Gasteiger partial charge in [-0.25, -0.2) is 14.4 Å². The zero-order valence-corrected chi connectivity index (χ0v) is 17.2. The van der Waals surface area contributed by atoms with Crippen molar-refractivity contribution in [2.24, 2.45) is 0 Å². The van der Waals surface area contributed by atoms with Gasteiger partial charge in [0.2, 0.25) is 0 Å². The number of carbonyl (C=O) groups is 2. The summed E-state index contributed by atoms with van der Waals surface area (Å²) < 4.78 is 16.0. The fourth-order valence-electron chi connectivity index (χ4n) is 2.78. The molecule has 1 aromatic carbocycles. The number of benzene rings is 1. The zero-order chi connectivity index (χ0) is 21.1. The average molecular weight is 389 g/mol. The van der Waals surface area contributed by atoms with E-state index in [4.69, 9.17) is 13.9 Å². The van der Waals surface area contributed by atoms with Crippen molar-refractivity contribution in [3.8, 4) is 5.75 Å². The quantitative estimate of drug-likeness (QED) is 0.472. The molecule has 2 rings (SSSR count). The van der Waals surface area contributed by atoms with E-state index in [-0.39, 0.29) is 5.75 Å². The molecule has 1 amide bonds. The number of aryl methyl sites for hydroxylation is 2. The van der Waals surface area contributed by atoms with Crippen LogP contribution in [0.4, 0.5) is 4.79 Å². The molecule has 0 aliphatic heterocycles. The van der Waals surface area contributed by atoms with E-state index in [0.717, 1.165) is 10.9 Å². The highest BCUT2D eigenvalue weighted by Gasteiger charge is 2.26. The van der Waals surface area contributed by atoms with Crippen molar-refractivity contribution in [1.29, 1.82) is 0 Å². The fourth-order valence-corrected chi connectivity index (χ4v) is 2.78. The van der Waals surface area contributed by atoms with E-state index in [2.05, 4.69) is 5.32 Å². The molecule has 7 nitrogen and oxygen atoms in total. The van der Waals surface area contributed by atoms with Gasteiger partial charge in [-0.1, -0.05) is 13.3 Å². The highest BCUT2D eigenvalue weighted by Crippen LogP contribution is 2.28. The molecular formula is C21H27NO6. The number of fused-ring (bicyclic) bond motifs is 1. The van der Waals surface area contributed by atoms with Crippen LogP contribution in [0.5, 0.6) is 5.75 Å². The second-order valence-corrected chi connectivity index (χ2v) is 7.72. The van der Waals surface area contributed by atoms with E-state index >= 15 is 0 Å². The smallest absolute Gasteiger partial charge is 0.408 e. The zero-order valence-electron chi connectivity index (χ0n) is 17.2. The molecule has 0 bridgehead atoms. The Morgan fingerprint density at radius 1 is 1.21 bits per heavy atom. The number of nitrogens with one attached hydrogen (secondary N) is 1. The van der Waals surface area contributed by atoms with E-state index in [1.807, 2.05) is 13.8 Å². The van der Waals surface area contributed by atoms with E-state index in [1.54, 1.807) is 39.8 Å². The third-order valence-electron chi connectivity index (χ3n) is 4.08. The average Bonchev–Trinajstić information content (AvgIpc) is 2.55. The van der Waals surface area contributed by atoms with Crippen LogP contribution in [0.15, 0.2) is 27.4 Å². The number of carbonyl (C=O) groups excluding carboxylic acids is 2. The Balaban J connectivity index is 2.24. The van der Waals surface area contributed by atoms with Gasteiger partial charge in [0.25, 0.3) is 0 Å². The van der Waals surface area contributed by atoms with Gasteiger partial charge in [0.05, 0.1) is 0 Å². The van der Waals surface area contributed by atoms with E-state index < -0.39 is 29.3 Å². The second kappa shape index (κ2) is 8.46. The molecule has 0 unspecified atom stereocenters. The Morgan fingerprint density at radius 3 is 2.50 bits per heavy atom. The predicted octanol–water partition coefficient (Wildman–Crippen LogP) is 4.01. The molecule has 1 aromatic heterocycles. The third kappa shape index (κ3) is 5.34. The third-order valence-corrected chi connectivity index (χ3v) is 4.08. The van der Waals surface area contributed by atoms with Crippen LogP contribution >= 0.6 is 0 Å². The number of esters is 1. The van der Waals surface area contributed by atoms with Gasteiger partial charge in [0.1, 0.15) is 23.0 Å². The predicted molar refractivity (Wildman–Crippen MR) is 106 cm³/mol. The van der Waals surface area contributed by atoms with Crippen molar-refractivity contribution in [2.75, 3.05) is 0 Å². The van der Waals surface area contributed by atoms with Crippen molar-refractivity contribution < 1.29 is 23.5 Å². The first kappa shape index (κ1) is 21.5. The SMILES string of the molecule is CCC[C@@H](NC(=O)OC(C)(C)C)C(=O)Oc1ccc2c(C)cc(=O)oc2c1C. The molecule has 0 aliphatic rings. The van der Waals surface area contributed by atoms with Gasteiger partial charge in [-0.05, 0) is 58.7 Å². The molecule has 0 aliphatic carbocycles. The molecule has 152 valence electrons. The van der Waals surface area contributed by atoms with Crippen LogP contribution in [0.1, 0.15) is 51.7 Å². The maximum Gasteiger partial charge on any atom is 0.408 e. The van der Waals surface area contributed by atoms with Crippen LogP contribution in [-0.4, -0.2) is 23.7 Å². The molecule has 28 heavy (non-hydrogen) atoms. The standard InChI is InChI=1S/C21H27NO6/c1-7-8-15(22-20(25)28-21(4,5)6)19(24)26-16-10-9-14-12(2)11-17(23)27-18(14)13(16)3/h9-11,15H,7-8H2,1-6H3,(H,22,25)/t15-/m1/s1. The van der Waals surface area contributed by atoms with Crippen molar-refractivity contribution >= 4 is 23.0 Å². The van der Waals surface area contributed by atoms with Crippen molar-refractivity contribution in [1.82, 2.24) is 5.32 Å². The van der Waals surface area contributed by atoms with Crippen LogP contribution in [0.3, 0.4) is 0 Å². The van der Waals surface area contributed by atoms with E-state index in [0.29, 0.717) is 24.0 Å². The highest BCUT2D eigenvalue weighted by atomic mass is 16.6. The van der Waals surface area contributed by atoms with Gasteiger partial charge >= 0.3 is 17.7 Å². The summed E-state index contributed by atoms with van der Waals surface area (Å²) in [6, 6.07) is 3.95. The van der Waals surface area contributed by atoms with Gasteiger partial charge in [0.15, 0.2) is 0 Å². The van der Waals surface area contributed by atoms with Crippen molar-refractivity contribution in [3.63, 3.8) is 0 Å². The lowest BCUT2D eigenvalue weighted by atomic mass is 10.1. The first-order valence-corrected chi connectivity index (χ1v) is 9.27. The number of hydrogen-bond donors (Lipinski definition) is 1. The Labute approximate surface area is 164 Å². The summed E-state index contributed by atoms with van der Waals surface area (Å²) in [6.07, 6.45) is 0.388. The van der Waals surface area contributed by atoms with Gasteiger partial charge in [-0.2, -0.15) is 0 Å².